The van der Waals surface area contributed by atoms with Gasteiger partial charge in [-0.3, -0.25) is 4.79 Å². The first-order chi connectivity index (χ1) is 17.0. The number of methoxy groups -OCH3 is 1. The molecule has 0 unspecified atom stereocenters. The first-order valence-electron chi connectivity index (χ1n) is 11.7. The van der Waals surface area contributed by atoms with Crippen molar-refractivity contribution in [1.29, 1.82) is 0 Å². The number of hydrogen-bond donors (Lipinski definition) is 0. The number of benzene rings is 3. The van der Waals surface area contributed by atoms with Gasteiger partial charge in [-0.1, -0.05) is 74.5 Å². The van der Waals surface area contributed by atoms with Gasteiger partial charge < -0.3 is 14.4 Å². The number of aromatic nitrogens is 2. The molecule has 3 aromatic carbocycles. The molecule has 0 N–H and O–H groups in total. The summed E-state index contributed by atoms with van der Waals surface area (Å²) in [5, 5.41) is 4.80. The second-order valence-electron chi connectivity index (χ2n) is 8.73. The summed E-state index contributed by atoms with van der Waals surface area (Å²) >= 11 is 0. The van der Waals surface area contributed by atoms with Crippen LogP contribution in [0.5, 0.6) is 17.4 Å². The molecular weight excluding hydrogens is 438 g/mol. The molecule has 0 bridgehead atoms. The Labute approximate surface area is 206 Å². The highest BCUT2D eigenvalue weighted by Gasteiger charge is 2.25. The van der Waals surface area contributed by atoms with E-state index < -0.39 is 0 Å². The van der Waals surface area contributed by atoms with Gasteiger partial charge in [0.1, 0.15) is 17.2 Å². The summed E-state index contributed by atoms with van der Waals surface area (Å²) in [4.78, 5) is 15.2. The molecule has 35 heavy (non-hydrogen) atoms. The van der Waals surface area contributed by atoms with Crippen LogP contribution in [-0.2, 0) is 24.9 Å². The van der Waals surface area contributed by atoms with Gasteiger partial charge in [-0.15, -0.1) is 0 Å². The minimum Gasteiger partial charge on any atom is -0.497 e. The number of carbonyl (C=O) groups excluding carboxylic acids is 1. The Morgan fingerprint density at radius 3 is 2.09 bits per heavy atom. The zero-order valence-corrected chi connectivity index (χ0v) is 20.6. The standard InChI is InChI=1S/C29H31N3O3/c1-21(2)28(33)32(19-22-11-7-5-8-12-22)20-26-27(23-13-9-6-10-14-23)30-31(3)29(26)35-25-17-15-24(34-4)16-18-25/h5-18,21H,19-20H2,1-4H3. The highest BCUT2D eigenvalue weighted by atomic mass is 16.5. The fourth-order valence-electron chi connectivity index (χ4n) is 3.98. The topological polar surface area (TPSA) is 56.6 Å². The highest BCUT2D eigenvalue weighted by Crippen LogP contribution is 2.35. The molecule has 0 saturated heterocycles. The van der Waals surface area contributed by atoms with Gasteiger partial charge in [0.2, 0.25) is 11.8 Å². The lowest BCUT2D eigenvalue weighted by molar-refractivity contribution is -0.135. The third-order valence-electron chi connectivity index (χ3n) is 5.78. The summed E-state index contributed by atoms with van der Waals surface area (Å²) in [7, 11) is 3.49. The third-order valence-corrected chi connectivity index (χ3v) is 5.78. The molecule has 6 nitrogen and oxygen atoms in total. The normalized spacial score (nSPS) is 10.9. The molecular formula is C29H31N3O3. The quantitative estimate of drug-likeness (QED) is 0.298. The van der Waals surface area contributed by atoms with Gasteiger partial charge in [0, 0.05) is 25.1 Å². The molecule has 1 aromatic heterocycles. The Kier molecular flexibility index (Phi) is 7.51. The van der Waals surface area contributed by atoms with Crippen LogP contribution >= 0.6 is 0 Å². The second kappa shape index (κ2) is 10.9. The van der Waals surface area contributed by atoms with Gasteiger partial charge in [0.25, 0.3) is 0 Å². The molecule has 0 atom stereocenters. The van der Waals surface area contributed by atoms with Crippen molar-refractivity contribution in [2.75, 3.05) is 7.11 Å². The van der Waals surface area contributed by atoms with Crippen molar-refractivity contribution < 1.29 is 14.3 Å². The van der Waals surface area contributed by atoms with Crippen LogP contribution in [0.2, 0.25) is 0 Å². The average Bonchev–Trinajstić information content (AvgIpc) is 3.19. The maximum atomic E-state index is 13.3. The SMILES string of the molecule is COc1ccc(Oc2c(CN(Cc3ccccc3)C(=O)C(C)C)c(-c3ccccc3)nn2C)cc1. The van der Waals surface area contributed by atoms with E-state index in [-0.39, 0.29) is 11.8 Å². The molecule has 180 valence electrons. The van der Waals surface area contributed by atoms with E-state index in [0.717, 1.165) is 28.1 Å². The predicted molar refractivity (Wildman–Crippen MR) is 137 cm³/mol. The van der Waals surface area contributed by atoms with E-state index >= 15 is 0 Å². The van der Waals surface area contributed by atoms with Crippen LogP contribution in [0, 0.1) is 5.92 Å². The summed E-state index contributed by atoms with van der Waals surface area (Å²) in [6.07, 6.45) is 0. The van der Waals surface area contributed by atoms with Gasteiger partial charge in [-0.25, -0.2) is 4.68 Å². The van der Waals surface area contributed by atoms with E-state index in [1.165, 1.54) is 0 Å². The maximum absolute atomic E-state index is 13.3. The Morgan fingerprint density at radius 2 is 1.49 bits per heavy atom. The first-order valence-corrected chi connectivity index (χ1v) is 11.7. The molecule has 1 heterocycles. The van der Waals surface area contributed by atoms with E-state index in [1.807, 2.05) is 111 Å². The fraction of sp³-hybridized carbons (Fsp3) is 0.241. The van der Waals surface area contributed by atoms with Gasteiger partial charge in [-0.05, 0) is 29.8 Å². The minimum absolute atomic E-state index is 0.0760. The summed E-state index contributed by atoms with van der Waals surface area (Å²) in [5.41, 5.74) is 3.70. The zero-order chi connectivity index (χ0) is 24.8. The molecule has 0 aliphatic rings. The van der Waals surface area contributed by atoms with Crippen molar-refractivity contribution in [3.05, 3.63) is 96.1 Å². The van der Waals surface area contributed by atoms with Gasteiger partial charge in [0.15, 0.2) is 0 Å². The van der Waals surface area contributed by atoms with Crippen LogP contribution in [0.15, 0.2) is 84.9 Å². The largest absolute Gasteiger partial charge is 0.497 e. The van der Waals surface area contributed by atoms with Crippen LogP contribution in [0.3, 0.4) is 0 Å². The van der Waals surface area contributed by atoms with E-state index in [4.69, 9.17) is 14.6 Å². The Balaban J connectivity index is 1.76. The van der Waals surface area contributed by atoms with Crippen molar-refractivity contribution >= 4 is 5.91 Å². The number of aryl methyl sites for hydroxylation is 1. The summed E-state index contributed by atoms with van der Waals surface area (Å²) in [6, 6.07) is 27.5. The minimum atomic E-state index is -0.137. The Bertz CT molecular complexity index is 1250. The van der Waals surface area contributed by atoms with E-state index in [2.05, 4.69) is 0 Å². The number of amides is 1. The zero-order valence-electron chi connectivity index (χ0n) is 20.6. The monoisotopic (exact) mass is 469 g/mol. The van der Waals surface area contributed by atoms with Crippen LogP contribution in [-0.4, -0.2) is 27.7 Å². The molecule has 4 aromatic rings. The molecule has 0 fully saturated rings. The highest BCUT2D eigenvalue weighted by molar-refractivity contribution is 5.78. The molecule has 0 radical (unpaired) electrons. The van der Waals surface area contributed by atoms with Gasteiger partial charge >= 0.3 is 0 Å². The van der Waals surface area contributed by atoms with Crippen molar-refractivity contribution in [3.8, 4) is 28.6 Å². The lowest BCUT2D eigenvalue weighted by atomic mass is 10.1. The number of carbonyl (C=O) groups is 1. The average molecular weight is 470 g/mol. The van der Waals surface area contributed by atoms with Crippen molar-refractivity contribution in [2.45, 2.75) is 26.9 Å². The number of nitrogens with zero attached hydrogens (tertiary/aromatic N) is 3. The van der Waals surface area contributed by atoms with Crippen molar-refractivity contribution in [1.82, 2.24) is 14.7 Å². The lowest BCUT2D eigenvalue weighted by Crippen LogP contribution is -2.33. The third kappa shape index (κ3) is 5.72. The number of ether oxygens (including phenoxy) is 2. The van der Waals surface area contributed by atoms with Gasteiger partial charge in [0.05, 0.1) is 19.2 Å². The fourth-order valence-corrected chi connectivity index (χ4v) is 3.98. The smallest absolute Gasteiger partial charge is 0.225 e. The first kappa shape index (κ1) is 24.1. The van der Waals surface area contributed by atoms with Gasteiger partial charge in [-0.2, -0.15) is 5.10 Å². The molecule has 0 aliphatic carbocycles. The second-order valence-corrected chi connectivity index (χ2v) is 8.73. The molecule has 6 heteroatoms. The molecule has 1 amide bonds. The molecule has 0 spiro atoms. The van der Waals surface area contributed by atoms with Crippen LogP contribution in [0.4, 0.5) is 0 Å². The van der Waals surface area contributed by atoms with Crippen molar-refractivity contribution in [2.24, 2.45) is 13.0 Å². The summed E-state index contributed by atoms with van der Waals surface area (Å²) in [6.45, 7) is 4.73. The molecule has 4 rings (SSSR count). The van der Waals surface area contributed by atoms with Crippen LogP contribution < -0.4 is 9.47 Å². The Hall–Kier alpha value is -4.06. The Morgan fingerprint density at radius 1 is 0.886 bits per heavy atom. The molecule has 0 aliphatic heterocycles. The van der Waals surface area contributed by atoms with E-state index in [9.17, 15) is 4.79 Å². The molecule has 0 saturated carbocycles. The lowest BCUT2D eigenvalue weighted by Gasteiger charge is -2.25. The van der Waals surface area contributed by atoms with Crippen molar-refractivity contribution in [3.63, 3.8) is 0 Å². The van der Waals surface area contributed by atoms with Crippen LogP contribution in [0.25, 0.3) is 11.3 Å². The predicted octanol–water partition coefficient (Wildman–Crippen LogP) is 6.07. The maximum Gasteiger partial charge on any atom is 0.225 e. The van der Waals surface area contributed by atoms with E-state index in [1.54, 1.807) is 11.8 Å². The number of rotatable bonds is 9. The van der Waals surface area contributed by atoms with E-state index in [0.29, 0.717) is 24.7 Å². The number of hydrogen-bond acceptors (Lipinski definition) is 4. The van der Waals surface area contributed by atoms with Crippen LogP contribution in [0.1, 0.15) is 25.0 Å². The summed E-state index contributed by atoms with van der Waals surface area (Å²) in [5.74, 6) is 1.96. The summed E-state index contributed by atoms with van der Waals surface area (Å²) < 4.78 is 13.3.